The Morgan fingerprint density at radius 1 is 0.775 bits per heavy atom. The molecule has 0 radical (unpaired) electrons. The molecule has 3 saturated heterocycles. The molecule has 25 heteroatoms. The molecule has 430 valence electrons. The van der Waals surface area contributed by atoms with Gasteiger partial charge in [-0.1, -0.05) is 35.5 Å². The number of carboxylic acid groups (broad SMARTS) is 1. The van der Waals surface area contributed by atoms with E-state index in [2.05, 4.69) is 28.6 Å². The van der Waals surface area contributed by atoms with E-state index in [1.165, 1.54) is 49.5 Å². The van der Waals surface area contributed by atoms with Gasteiger partial charge in [0.25, 0.3) is 17.7 Å². The molecule has 0 saturated carbocycles. The first-order valence-electron chi connectivity index (χ1n) is 25.9. The number of nitrogens with one attached hydrogen (secondary N) is 1. The molecule has 0 aliphatic carbocycles. The lowest BCUT2D eigenvalue weighted by atomic mass is 9.99. The Morgan fingerprint density at radius 2 is 1.45 bits per heavy atom. The van der Waals surface area contributed by atoms with Crippen molar-refractivity contribution in [2.24, 2.45) is 10.1 Å². The number of fused-ring (bicyclic) bond motifs is 4. The number of aliphatic imine (C=N–C) groups is 1. The van der Waals surface area contributed by atoms with Gasteiger partial charge in [0.1, 0.15) is 37.3 Å². The van der Waals surface area contributed by atoms with Gasteiger partial charge in [-0.15, -0.1) is 0 Å². The van der Waals surface area contributed by atoms with Gasteiger partial charge in [0.15, 0.2) is 35.3 Å². The lowest BCUT2D eigenvalue weighted by Crippen LogP contribution is -2.61. The fourth-order valence-corrected chi connectivity index (χ4v) is 9.68. The molecule has 80 heavy (non-hydrogen) atoms. The summed E-state index contributed by atoms with van der Waals surface area (Å²) in [5.41, 5.74) is 3.20. The Bertz CT molecular complexity index is 2910. The smallest absolute Gasteiger partial charge is 0.416 e. The molecule has 8 rings (SSSR count). The minimum atomic E-state index is -2.01. The van der Waals surface area contributed by atoms with Gasteiger partial charge in [0, 0.05) is 38.0 Å². The van der Waals surface area contributed by atoms with Crippen molar-refractivity contribution in [3.63, 3.8) is 0 Å². The molecule has 25 nitrogen and oxygen atoms in total. The third kappa shape index (κ3) is 13.1. The number of oxime groups is 1. The number of amides is 4. The molecular formula is C55H66N6O19. The average Bonchev–Trinajstić information content (AvgIpc) is 3.98. The third-order valence-electron chi connectivity index (χ3n) is 13.7. The number of ether oxygens (including phenoxy) is 8. The number of aliphatic hydroxyl groups is 4. The van der Waals surface area contributed by atoms with Gasteiger partial charge in [0.05, 0.1) is 86.5 Å². The Morgan fingerprint density at radius 3 is 2.15 bits per heavy atom. The summed E-state index contributed by atoms with van der Waals surface area (Å²) in [5, 5.41) is 59.5. The molecule has 6 N–H and O–H groups in total. The number of rotatable bonds is 23. The highest BCUT2D eigenvalue weighted by atomic mass is 16.7. The molecule has 0 bridgehead atoms. The van der Waals surface area contributed by atoms with Gasteiger partial charge in [-0.2, -0.15) is 0 Å². The van der Waals surface area contributed by atoms with E-state index in [-0.39, 0.29) is 97.5 Å². The number of aliphatic carboxylic acids is 1. The van der Waals surface area contributed by atoms with Crippen molar-refractivity contribution in [2.45, 2.75) is 102 Å². The van der Waals surface area contributed by atoms with Gasteiger partial charge in [0.2, 0.25) is 6.29 Å². The second kappa shape index (κ2) is 26.0. The van der Waals surface area contributed by atoms with Gasteiger partial charge in [-0.05, 0) is 75.8 Å². The highest BCUT2D eigenvalue weighted by molar-refractivity contribution is 6.06. The zero-order valence-corrected chi connectivity index (χ0v) is 44.7. The summed E-state index contributed by atoms with van der Waals surface area (Å²) in [6.07, 6.45) is -8.17. The lowest BCUT2D eigenvalue weighted by molar-refractivity contribution is -0.271. The first-order valence-corrected chi connectivity index (χ1v) is 25.9. The van der Waals surface area contributed by atoms with Crippen LogP contribution in [0, 0.1) is 0 Å². The number of methoxy groups -OCH3 is 2. The summed E-state index contributed by atoms with van der Waals surface area (Å²) < 4.78 is 46.0. The Balaban J connectivity index is 0.950. The van der Waals surface area contributed by atoms with Crippen LogP contribution in [0.15, 0.2) is 76.9 Å². The van der Waals surface area contributed by atoms with Crippen molar-refractivity contribution >= 4 is 53.1 Å². The van der Waals surface area contributed by atoms with Crippen molar-refractivity contribution in [3.8, 4) is 28.7 Å². The largest absolute Gasteiger partial charge is 0.493 e. The monoisotopic (exact) mass is 1110 g/mol. The maximum atomic E-state index is 14.4. The first kappa shape index (κ1) is 58.3. The van der Waals surface area contributed by atoms with Gasteiger partial charge >= 0.3 is 12.1 Å². The lowest BCUT2D eigenvalue weighted by Gasteiger charge is -2.38. The molecule has 8 atom stereocenters. The molecular weight excluding hydrogens is 1050 g/mol. The van der Waals surface area contributed by atoms with Crippen molar-refractivity contribution in [1.29, 1.82) is 0 Å². The molecule has 3 fully saturated rings. The summed E-state index contributed by atoms with van der Waals surface area (Å²) in [4.78, 5) is 81.5. The maximum absolute atomic E-state index is 14.4. The minimum Gasteiger partial charge on any atom is -0.493 e. The van der Waals surface area contributed by atoms with Crippen molar-refractivity contribution < 1.29 is 92.2 Å². The van der Waals surface area contributed by atoms with Crippen LogP contribution < -0.4 is 33.9 Å². The summed E-state index contributed by atoms with van der Waals surface area (Å²) in [7, 11) is 2.90. The average molecular weight is 1120 g/mol. The molecule has 0 spiro atoms. The van der Waals surface area contributed by atoms with Crippen LogP contribution >= 0.6 is 0 Å². The van der Waals surface area contributed by atoms with E-state index in [1.54, 1.807) is 37.1 Å². The van der Waals surface area contributed by atoms with Crippen LogP contribution in [0.4, 0.5) is 16.2 Å². The maximum Gasteiger partial charge on any atom is 0.416 e. The number of benzene rings is 3. The number of unbranched alkanes of at least 4 members (excludes halogenated alkanes) is 2. The molecule has 3 aromatic carbocycles. The van der Waals surface area contributed by atoms with Crippen molar-refractivity contribution in [2.75, 3.05) is 71.8 Å². The van der Waals surface area contributed by atoms with Crippen LogP contribution in [0.5, 0.6) is 28.7 Å². The molecule has 1 unspecified atom stereocenters. The zero-order chi connectivity index (χ0) is 57.4. The molecule has 4 amide bonds. The molecule has 5 aliphatic heterocycles. The number of carbonyl (C=O) groups is 5. The summed E-state index contributed by atoms with van der Waals surface area (Å²) >= 11 is 0. The van der Waals surface area contributed by atoms with E-state index in [9.17, 15) is 49.5 Å². The first-order chi connectivity index (χ1) is 38.4. The van der Waals surface area contributed by atoms with Crippen LogP contribution in [0.3, 0.4) is 0 Å². The second-order valence-electron chi connectivity index (χ2n) is 19.7. The highest BCUT2D eigenvalue weighted by Gasteiger charge is 2.49. The molecule has 0 aromatic heterocycles. The van der Waals surface area contributed by atoms with E-state index in [0.717, 1.165) is 10.5 Å². The number of carboxylic acids is 1. The Hall–Kier alpha value is -7.81. The van der Waals surface area contributed by atoms with Crippen molar-refractivity contribution in [3.05, 3.63) is 89.0 Å². The highest BCUT2D eigenvalue weighted by Crippen LogP contribution is 2.43. The van der Waals surface area contributed by atoms with Crippen LogP contribution in [0.25, 0.3) is 0 Å². The second-order valence-corrected chi connectivity index (χ2v) is 19.7. The number of hydrogen-bond acceptors (Lipinski definition) is 20. The van der Waals surface area contributed by atoms with E-state index in [0.29, 0.717) is 72.9 Å². The Kier molecular flexibility index (Phi) is 18.9. The fourth-order valence-electron chi connectivity index (χ4n) is 9.68. The van der Waals surface area contributed by atoms with Crippen LogP contribution in [0.1, 0.15) is 82.6 Å². The van der Waals surface area contributed by atoms with E-state index >= 15 is 0 Å². The number of carbonyl (C=O) groups excluding carboxylic acids is 4. The SMILES string of the molecule is C=C1C[C@H]2C=Nc3cc(OCCCCCOc4cc5c(cc4OC)C(=O)N4CC(=C)C[C@H]4C(O)N5C(=O)OCc4ccc(O[C@@H]5O[C@H](C(=O)O)[C@@H](O)[C@H](O)[C@H]5O)c(C(=O)NCCOCCON=C(C)C)c4)c(OC)cc3C(=O)N2C1. The number of anilines is 1. The Labute approximate surface area is 460 Å². The quantitative estimate of drug-likeness (QED) is 0.0343. The molecule has 3 aromatic rings. The summed E-state index contributed by atoms with van der Waals surface area (Å²) in [6.45, 7) is 12.5. The van der Waals surface area contributed by atoms with E-state index in [1.807, 2.05) is 0 Å². The van der Waals surface area contributed by atoms with Gasteiger partial charge in [-0.25, -0.2) is 14.5 Å². The predicted molar refractivity (Wildman–Crippen MR) is 284 cm³/mol. The van der Waals surface area contributed by atoms with Crippen LogP contribution in [0.2, 0.25) is 0 Å². The standard InChI is InChI=1S/C55H66N6O19/c1-29(2)58-78-17-16-74-15-12-56-49(65)36-20-32(10-11-40(36)79-54-47(64)45(62)46(63)48(80-54)53(69)70)28-77-55(71)61-38-24-44(42(73-6)22-35(38)51(67)60-27-31(4)19-39(60)52(61)68)76-14-9-7-8-13-75-43-23-37-34(21-41(43)72-5)50(66)59-26-30(3)18-33(59)25-57-37/h10-11,20-25,33,39,45-48,52,54,62-64,68H,3-4,7-9,12-19,26-28H2,1-2,5-6H3,(H,56,65)(H,69,70)/t33-,39-,45-,46-,47+,48-,52?,54+/m0/s1. The zero-order valence-electron chi connectivity index (χ0n) is 44.7. The van der Waals surface area contributed by atoms with E-state index < -0.39 is 73.5 Å². The number of nitrogens with zero attached hydrogens (tertiary/aromatic N) is 5. The normalized spacial score (nSPS) is 23.0. The van der Waals surface area contributed by atoms with E-state index in [4.69, 9.17) is 42.7 Å². The minimum absolute atomic E-state index is 0.00511. The van der Waals surface area contributed by atoms with Gasteiger partial charge in [-0.3, -0.25) is 19.4 Å². The van der Waals surface area contributed by atoms with Crippen LogP contribution in [-0.4, -0.2) is 193 Å². The fraction of sp³-hybridized carbons (Fsp3) is 0.473. The predicted octanol–water partition coefficient (Wildman–Crippen LogP) is 3.49. The number of hydrogen-bond donors (Lipinski definition) is 6. The van der Waals surface area contributed by atoms with Crippen molar-refractivity contribution in [1.82, 2.24) is 15.1 Å². The third-order valence-corrected chi connectivity index (χ3v) is 13.7. The van der Waals surface area contributed by atoms with Crippen LogP contribution in [-0.2, 0) is 30.4 Å². The molecule has 5 aliphatic rings. The molecule has 5 heterocycles. The summed E-state index contributed by atoms with van der Waals surface area (Å²) in [5.74, 6) is -2.13. The summed E-state index contributed by atoms with van der Waals surface area (Å²) in [6, 6.07) is 9.08. The number of aliphatic hydroxyl groups excluding tert-OH is 4. The topological polar surface area (TPSA) is 316 Å². The van der Waals surface area contributed by atoms with Gasteiger partial charge < -0.3 is 83.4 Å².